The predicted molar refractivity (Wildman–Crippen MR) is 67.5 cm³/mol. The molecule has 0 heterocycles. The maximum atomic E-state index is 11.6. The largest absolute Gasteiger partial charge is 0.458 e. The molecule has 0 aliphatic heterocycles. The third-order valence-electron chi connectivity index (χ3n) is 2.07. The lowest BCUT2D eigenvalue weighted by Crippen LogP contribution is -2.08. The predicted octanol–water partition coefficient (Wildman–Crippen LogP) is 1.90. The van der Waals surface area contributed by atoms with Crippen LogP contribution in [-0.4, -0.2) is 24.8 Å². The molecule has 0 aliphatic rings. The number of carbonyl (C=O) groups excluding carboxylic acids is 3. The van der Waals surface area contributed by atoms with Crippen molar-refractivity contribution in [2.24, 2.45) is 0 Å². The van der Waals surface area contributed by atoms with E-state index in [9.17, 15) is 14.4 Å². The van der Waals surface area contributed by atoms with Crippen LogP contribution in [-0.2, 0) is 14.3 Å². The fourth-order valence-electron chi connectivity index (χ4n) is 1.19. The second kappa shape index (κ2) is 7.60. The zero-order chi connectivity index (χ0) is 14.1. The van der Waals surface area contributed by atoms with Crippen LogP contribution in [0.1, 0.15) is 20.7 Å². The maximum Gasteiger partial charge on any atom is 0.339 e. The number of rotatable bonds is 6. The average Bonchev–Trinajstić information content (AvgIpc) is 2.46. The molecule has 0 radical (unpaired) electrons. The van der Waals surface area contributed by atoms with Gasteiger partial charge in [0.15, 0.2) is 6.29 Å². The molecule has 0 saturated carbocycles. The number of hydrogen-bond donors (Lipinski definition) is 0. The van der Waals surface area contributed by atoms with E-state index in [-0.39, 0.29) is 17.7 Å². The van der Waals surface area contributed by atoms with E-state index in [4.69, 9.17) is 4.74 Å². The zero-order valence-electron chi connectivity index (χ0n) is 10.1. The highest BCUT2D eigenvalue weighted by atomic mass is 16.5. The average molecular weight is 260 g/mol. The van der Waals surface area contributed by atoms with Crippen LogP contribution >= 0.6 is 0 Å². The summed E-state index contributed by atoms with van der Waals surface area (Å²) < 4.78 is 9.42. The number of ether oxygens (including phenoxy) is 2. The van der Waals surface area contributed by atoms with Crippen LogP contribution in [0.15, 0.2) is 49.3 Å². The van der Waals surface area contributed by atoms with Crippen molar-refractivity contribution in [1.29, 1.82) is 0 Å². The minimum Gasteiger partial charge on any atom is -0.458 e. The maximum absolute atomic E-state index is 11.6. The summed E-state index contributed by atoms with van der Waals surface area (Å²) >= 11 is 0. The van der Waals surface area contributed by atoms with Crippen molar-refractivity contribution in [1.82, 2.24) is 0 Å². The summed E-state index contributed by atoms with van der Waals surface area (Å²) in [5, 5.41) is 0. The van der Waals surface area contributed by atoms with Gasteiger partial charge in [-0.15, -0.1) is 0 Å². The van der Waals surface area contributed by atoms with E-state index in [1.807, 2.05) is 0 Å². The molecule has 0 aliphatic carbocycles. The van der Waals surface area contributed by atoms with Crippen molar-refractivity contribution in [3.05, 3.63) is 60.4 Å². The summed E-state index contributed by atoms with van der Waals surface area (Å²) in [5.41, 5.74) is 0.448. The highest BCUT2D eigenvalue weighted by molar-refractivity contribution is 5.98. The molecule has 98 valence electrons. The van der Waals surface area contributed by atoms with E-state index >= 15 is 0 Å². The summed E-state index contributed by atoms with van der Waals surface area (Å²) in [6.45, 7) is 3.15. The van der Waals surface area contributed by atoms with Gasteiger partial charge in [0.1, 0.15) is 6.61 Å². The Bertz CT molecular complexity index is 516. The Kier molecular flexibility index (Phi) is 5.75. The van der Waals surface area contributed by atoms with E-state index in [2.05, 4.69) is 11.3 Å². The Hall–Kier alpha value is -2.69. The zero-order valence-corrected chi connectivity index (χ0v) is 10.1. The molecule has 1 rings (SSSR count). The van der Waals surface area contributed by atoms with Crippen molar-refractivity contribution in [3.63, 3.8) is 0 Å². The molecular formula is C14H12O5. The molecule has 0 atom stereocenters. The monoisotopic (exact) mass is 260 g/mol. The Morgan fingerprint density at radius 1 is 1.26 bits per heavy atom. The minimum atomic E-state index is -0.623. The summed E-state index contributed by atoms with van der Waals surface area (Å²) in [4.78, 5) is 33.0. The minimum absolute atomic E-state index is 0.0730. The normalized spacial score (nSPS) is 9.89. The van der Waals surface area contributed by atoms with Gasteiger partial charge in [-0.2, -0.15) is 0 Å². The van der Waals surface area contributed by atoms with E-state index in [0.717, 1.165) is 12.3 Å². The summed E-state index contributed by atoms with van der Waals surface area (Å²) in [6.07, 6.45) is 4.04. The fourth-order valence-corrected chi connectivity index (χ4v) is 1.19. The number of carbonyl (C=O) groups is 3. The Labute approximate surface area is 110 Å². The highest BCUT2D eigenvalue weighted by Gasteiger charge is 2.10. The smallest absolute Gasteiger partial charge is 0.339 e. The molecule has 5 heteroatoms. The molecule has 19 heavy (non-hydrogen) atoms. The second-order valence-electron chi connectivity index (χ2n) is 3.32. The van der Waals surface area contributed by atoms with E-state index in [0.29, 0.717) is 6.29 Å². The number of aldehydes is 1. The van der Waals surface area contributed by atoms with Gasteiger partial charge in [-0.05, 0) is 12.1 Å². The van der Waals surface area contributed by atoms with Gasteiger partial charge in [-0.3, -0.25) is 4.79 Å². The van der Waals surface area contributed by atoms with Crippen molar-refractivity contribution < 1.29 is 23.9 Å². The first kappa shape index (κ1) is 14.4. The Morgan fingerprint density at radius 2 is 2.00 bits per heavy atom. The molecule has 0 amide bonds. The van der Waals surface area contributed by atoms with Crippen molar-refractivity contribution >= 4 is 18.2 Å². The molecular weight excluding hydrogens is 248 g/mol. The van der Waals surface area contributed by atoms with Gasteiger partial charge < -0.3 is 9.47 Å². The molecule has 1 aromatic rings. The van der Waals surface area contributed by atoms with Crippen LogP contribution in [0, 0.1) is 0 Å². The van der Waals surface area contributed by atoms with Crippen LogP contribution in [0.3, 0.4) is 0 Å². The molecule has 0 aromatic heterocycles. The van der Waals surface area contributed by atoms with Crippen LogP contribution in [0.25, 0.3) is 0 Å². The van der Waals surface area contributed by atoms with Gasteiger partial charge in [-0.1, -0.05) is 24.8 Å². The number of benzene rings is 1. The molecule has 0 unspecified atom stereocenters. The van der Waals surface area contributed by atoms with Crippen molar-refractivity contribution in [3.8, 4) is 0 Å². The van der Waals surface area contributed by atoms with E-state index in [1.54, 1.807) is 12.1 Å². The second-order valence-corrected chi connectivity index (χ2v) is 3.32. The van der Waals surface area contributed by atoms with Crippen molar-refractivity contribution in [2.75, 3.05) is 6.61 Å². The molecule has 5 nitrogen and oxygen atoms in total. The first-order chi connectivity index (χ1) is 9.19. The third-order valence-corrected chi connectivity index (χ3v) is 2.07. The van der Waals surface area contributed by atoms with E-state index < -0.39 is 11.9 Å². The molecule has 0 fully saturated rings. The van der Waals surface area contributed by atoms with Crippen LogP contribution in [0.5, 0.6) is 0 Å². The van der Waals surface area contributed by atoms with Gasteiger partial charge in [0.05, 0.1) is 11.8 Å². The summed E-state index contributed by atoms with van der Waals surface area (Å²) in [5.74, 6) is -1.23. The van der Waals surface area contributed by atoms with Crippen LogP contribution < -0.4 is 0 Å². The number of esters is 2. The summed E-state index contributed by atoms with van der Waals surface area (Å²) in [7, 11) is 0. The topological polar surface area (TPSA) is 69.7 Å². The third kappa shape index (κ3) is 4.59. The van der Waals surface area contributed by atoms with Crippen LogP contribution in [0.4, 0.5) is 0 Å². The molecule has 0 spiro atoms. The molecule has 1 aromatic carbocycles. The lowest BCUT2D eigenvalue weighted by atomic mass is 10.1. The standard InChI is InChI=1S/C14H12O5/c1-2-13(16)18-8-5-9-19-14(17)12-7-4-3-6-11(12)10-15/h2-8,10H,1,9H2. The fraction of sp³-hybridized carbons (Fsp3) is 0.0714. The highest BCUT2D eigenvalue weighted by Crippen LogP contribution is 2.07. The quantitative estimate of drug-likeness (QED) is 0.338. The van der Waals surface area contributed by atoms with Gasteiger partial charge in [-0.25, -0.2) is 9.59 Å². The van der Waals surface area contributed by atoms with Gasteiger partial charge in [0.2, 0.25) is 0 Å². The van der Waals surface area contributed by atoms with Gasteiger partial charge in [0.25, 0.3) is 0 Å². The lowest BCUT2D eigenvalue weighted by molar-refractivity contribution is -0.132. The van der Waals surface area contributed by atoms with Crippen molar-refractivity contribution in [2.45, 2.75) is 0 Å². The van der Waals surface area contributed by atoms with E-state index in [1.165, 1.54) is 18.2 Å². The summed E-state index contributed by atoms with van der Waals surface area (Å²) in [6, 6.07) is 6.29. The molecule has 0 saturated heterocycles. The van der Waals surface area contributed by atoms with Crippen LogP contribution in [0.2, 0.25) is 0 Å². The first-order valence-electron chi connectivity index (χ1n) is 5.38. The molecule has 0 bridgehead atoms. The SMILES string of the molecule is C=CC(=O)OC=CCOC(=O)c1ccccc1C=O. The number of hydrogen-bond acceptors (Lipinski definition) is 5. The van der Waals surface area contributed by atoms with Gasteiger partial charge in [0, 0.05) is 11.6 Å². The Balaban J connectivity index is 2.49. The Morgan fingerprint density at radius 3 is 2.68 bits per heavy atom. The molecule has 0 N–H and O–H groups in total. The lowest BCUT2D eigenvalue weighted by Gasteiger charge is -2.03. The first-order valence-corrected chi connectivity index (χ1v) is 5.38. The van der Waals surface area contributed by atoms with Gasteiger partial charge >= 0.3 is 11.9 Å².